The molecule has 0 bridgehead atoms. The minimum Gasteiger partial charge on any atom is -0.497 e. The molecule has 0 amide bonds. The van der Waals surface area contributed by atoms with Crippen LogP contribution in [0.4, 0.5) is 0 Å². The lowest BCUT2D eigenvalue weighted by Crippen LogP contribution is -2.00. The van der Waals surface area contributed by atoms with E-state index in [0.29, 0.717) is 5.15 Å². The molecule has 2 rings (SSSR count). The van der Waals surface area contributed by atoms with Crippen molar-refractivity contribution in [3.63, 3.8) is 0 Å². The van der Waals surface area contributed by atoms with Crippen LogP contribution in [0.5, 0.6) is 5.75 Å². The van der Waals surface area contributed by atoms with Crippen LogP contribution in [0.1, 0.15) is 12.5 Å². The van der Waals surface area contributed by atoms with Gasteiger partial charge in [-0.15, -0.1) is 0 Å². The van der Waals surface area contributed by atoms with Crippen molar-refractivity contribution in [2.24, 2.45) is 0 Å². The number of pyridine rings is 1. The van der Waals surface area contributed by atoms with Crippen molar-refractivity contribution >= 4 is 28.5 Å². The van der Waals surface area contributed by atoms with Gasteiger partial charge in [0, 0.05) is 17.9 Å². The molecule has 94 valence electrons. The van der Waals surface area contributed by atoms with E-state index in [4.69, 9.17) is 21.1 Å². The Kier molecular flexibility index (Phi) is 3.67. The van der Waals surface area contributed by atoms with Crippen LogP contribution in [0.2, 0.25) is 5.15 Å². The topological polar surface area (TPSA) is 48.4 Å². The van der Waals surface area contributed by atoms with Gasteiger partial charge in [0.1, 0.15) is 17.5 Å². The van der Waals surface area contributed by atoms with Crippen molar-refractivity contribution in [2.45, 2.75) is 13.5 Å². The summed E-state index contributed by atoms with van der Waals surface area (Å²) in [5.74, 6) is 0.384. The Morgan fingerprint density at radius 3 is 2.83 bits per heavy atom. The van der Waals surface area contributed by atoms with Gasteiger partial charge in [-0.2, -0.15) is 0 Å². The summed E-state index contributed by atoms with van der Waals surface area (Å²) in [6.07, 6.45) is 0. The predicted octanol–water partition coefficient (Wildman–Crippen LogP) is 2.96. The van der Waals surface area contributed by atoms with Crippen LogP contribution in [0, 0.1) is 0 Å². The molecule has 4 nitrogen and oxygen atoms in total. The van der Waals surface area contributed by atoms with Gasteiger partial charge in [0.2, 0.25) is 0 Å². The van der Waals surface area contributed by atoms with Gasteiger partial charge in [-0.25, -0.2) is 4.98 Å². The molecule has 2 aromatic rings. The van der Waals surface area contributed by atoms with Gasteiger partial charge < -0.3 is 9.47 Å². The zero-order valence-electron chi connectivity index (χ0n) is 10.1. The first-order valence-corrected chi connectivity index (χ1v) is 5.74. The maximum Gasteiger partial charge on any atom is 0.302 e. The first-order valence-electron chi connectivity index (χ1n) is 5.36. The van der Waals surface area contributed by atoms with Crippen molar-refractivity contribution in [1.82, 2.24) is 4.98 Å². The molecule has 0 aliphatic heterocycles. The molecule has 0 saturated heterocycles. The van der Waals surface area contributed by atoms with E-state index < -0.39 is 0 Å². The number of nitrogens with zero attached hydrogens (tertiary/aromatic N) is 1. The highest BCUT2D eigenvalue weighted by Crippen LogP contribution is 2.25. The summed E-state index contributed by atoms with van der Waals surface area (Å²) >= 11 is 5.93. The molecule has 0 fully saturated rings. The summed E-state index contributed by atoms with van der Waals surface area (Å²) in [5.41, 5.74) is 1.55. The summed E-state index contributed by atoms with van der Waals surface area (Å²) in [5, 5.41) is 1.23. The molecular formula is C13H12ClNO3. The third-order valence-electron chi connectivity index (χ3n) is 2.50. The first-order chi connectivity index (χ1) is 8.60. The summed E-state index contributed by atoms with van der Waals surface area (Å²) in [7, 11) is 1.59. The van der Waals surface area contributed by atoms with Crippen molar-refractivity contribution in [2.75, 3.05) is 7.11 Å². The van der Waals surface area contributed by atoms with E-state index >= 15 is 0 Å². The lowest BCUT2D eigenvalue weighted by molar-refractivity contribution is -0.142. The summed E-state index contributed by atoms with van der Waals surface area (Å²) in [4.78, 5) is 15.1. The number of fused-ring (bicyclic) bond motifs is 1. The van der Waals surface area contributed by atoms with Crippen LogP contribution >= 0.6 is 11.6 Å². The molecule has 0 unspecified atom stereocenters. The summed E-state index contributed by atoms with van der Waals surface area (Å²) in [6, 6.07) is 7.16. The van der Waals surface area contributed by atoms with Gasteiger partial charge in [-0.1, -0.05) is 11.6 Å². The van der Waals surface area contributed by atoms with Crippen LogP contribution in [0.25, 0.3) is 10.9 Å². The van der Waals surface area contributed by atoms with Crippen molar-refractivity contribution < 1.29 is 14.3 Å². The molecular weight excluding hydrogens is 254 g/mol. The summed E-state index contributed by atoms with van der Waals surface area (Å²) in [6.45, 7) is 1.53. The van der Waals surface area contributed by atoms with Gasteiger partial charge in [0.15, 0.2) is 0 Å². The number of hydrogen-bond donors (Lipinski definition) is 0. The number of rotatable bonds is 3. The third kappa shape index (κ3) is 2.71. The van der Waals surface area contributed by atoms with E-state index in [1.54, 1.807) is 19.2 Å². The number of hydrogen-bond acceptors (Lipinski definition) is 4. The Morgan fingerprint density at radius 2 is 2.17 bits per heavy atom. The van der Waals surface area contributed by atoms with E-state index in [9.17, 15) is 4.79 Å². The van der Waals surface area contributed by atoms with Gasteiger partial charge in [-0.3, -0.25) is 4.79 Å². The first kappa shape index (κ1) is 12.6. The molecule has 5 heteroatoms. The average molecular weight is 266 g/mol. The Labute approximate surface area is 109 Å². The molecule has 0 aliphatic rings. The predicted molar refractivity (Wildman–Crippen MR) is 68.8 cm³/mol. The van der Waals surface area contributed by atoms with Crippen molar-refractivity contribution in [3.05, 3.63) is 35.0 Å². The minimum absolute atomic E-state index is 0.168. The van der Waals surface area contributed by atoms with Gasteiger partial charge in [0.25, 0.3) is 0 Å². The fourth-order valence-corrected chi connectivity index (χ4v) is 1.89. The lowest BCUT2D eigenvalue weighted by atomic mass is 10.1. The molecule has 0 saturated carbocycles. The zero-order chi connectivity index (χ0) is 13.1. The van der Waals surface area contributed by atoms with Crippen molar-refractivity contribution in [3.8, 4) is 5.75 Å². The second-order valence-electron chi connectivity index (χ2n) is 3.77. The SMILES string of the molecule is COc1ccc2nc(Cl)cc(COC(C)=O)c2c1. The average Bonchev–Trinajstić information content (AvgIpc) is 2.35. The number of benzene rings is 1. The van der Waals surface area contributed by atoms with Crippen LogP contribution in [0.15, 0.2) is 24.3 Å². The van der Waals surface area contributed by atoms with Crippen LogP contribution in [0.3, 0.4) is 0 Å². The van der Waals surface area contributed by atoms with E-state index in [0.717, 1.165) is 22.2 Å². The number of aromatic nitrogens is 1. The number of esters is 1. The molecule has 0 aliphatic carbocycles. The quantitative estimate of drug-likeness (QED) is 0.632. The van der Waals surface area contributed by atoms with E-state index in [-0.39, 0.29) is 12.6 Å². The minimum atomic E-state index is -0.334. The molecule has 1 heterocycles. The van der Waals surface area contributed by atoms with Crippen molar-refractivity contribution in [1.29, 1.82) is 0 Å². The molecule has 18 heavy (non-hydrogen) atoms. The van der Waals surface area contributed by atoms with Crippen LogP contribution in [-0.4, -0.2) is 18.1 Å². The standard InChI is InChI=1S/C13H12ClNO3/c1-8(16)18-7-9-5-13(14)15-12-4-3-10(17-2)6-11(9)12/h3-6H,7H2,1-2H3. The Balaban J connectivity index is 2.50. The maximum atomic E-state index is 10.9. The number of halogens is 1. The van der Waals surface area contributed by atoms with Crippen LogP contribution < -0.4 is 4.74 Å². The normalized spacial score (nSPS) is 10.4. The summed E-state index contributed by atoms with van der Waals surface area (Å²) < 4.78 is 10.2. The monoisotopic (exact) mass is 265 g/mol. The molecule has 0 N–H and O–H groups in total. The molecule has 0 spiro atoms. The van der Waals surface area contributed by atoms with Crippen LogP contribution in [-0.2, 0) is 16.1 Å². The second-order valence-corrected chi connectivity index (χ2v) is 4.15. The van der Waals surface area contributed by atoms with E-state index in [1.165, 1.54) is 6.92 Å². The zero-order valence-corrected chi connectivity index (χ0v) is 10.8. The van der Waals surface area contributed by atoms with E-state index in [1.807, 2.05) is 12.1 Å². The number of carbonyl (C=O) groups excluding carboxylic acids is 1. The number of ether oxygens (including phenoxy) is 2. The largest absolute Gasteiger partial charge is 0.497 e. The number of carbonyl (C=O) groups is 1. The third-order valence-corrected chi connectivity index (χ3v) is 2.69. The Morgan fingerprint density at radius 1 is 1.39 bits per heavy atom. The van der Waals surface area contributed by atoms with E-state index in [2.05, 4.69) is 4.98 Å². The molecule has 1 aromatic carbocycles. The fraction of sp³-hybridized carbons (Fsp3) is 0.231. The highest BCUT2D eigenvalue weighted by Gasteiger charge is 2.07. The maximum absolute atomic E-state index is 10.9. The molecule has 0 atom stereocenters. The second kappa shape index (κ2) is 5.23. The van der Waals surface area contributed by atoms with Gasteiger partial charge in [0.05, 0.1) is 12.6 Å². The molecule has 0 radical (unpaired) electrons. The van der Waals surface area contributed by atoms with Gasteiger partial charge >= 0.3 is 5.97 Å². The Bertz CT molecular complexity index is 598. The fourth-order valence-electron chi connectivity index (χ4n) is 1.66. The molecule has 1 aromatic heterocycles. The smallest absolute Gasteiger partial charge is 0.302 e. The Hall–Kier alpha value is -1.81. The lowest BCUT2D eigenvalue weighted by Gasteiger charge is -2.08. The van der Waals surface area contributed by atoms with Gasteiger partial charge in [-0.05, 0) is 24.3 Å². The highest BCUT2D eigenvalue weighted by molar-refractivity contribution is 6.29. The number of methoxy groups -OCH3 is 1. The highest BCUT2D eigenvalue weighted by atomic mass is 35.5.